The van der Waals surface area contributed by atoms with Crippen molar-refractivity contribution in [1.82, 2.24) is 9.78 Å². The van der Waals surface area contributed by atoms with Crippen molar-refractivity contribution in [2.45, 2.75) is 13.3 Å². The van der Waals surface area contributed by atoms with Crippen molar-refractivity contribution >= 4 is 0 Å². The molecule has 0 bridgehead atoms. The van der Waals surface area contributed by atoms with E-state index in [4.69, 9.17) is 5.73 Å². The third-order valence-electron chi connectivity index (χ3n) is 2.37. The van der Waals surface area contributed by atoms with Gasteiger partial charge in [-0.2, -0.15) is 5.10 Å². The topological polar surface area (TPSA) is 43.8 Å². The number of aryl methyl sites for hydroxylation is 1. The van der Waals surface area contributed by atoms with Gasteiger partial charge in [-0.1, -0.05) is 17.7 Å². The standard InChI is InChI=1S/C12H15N3/c1-10-2-4-12(5-3-10)15-9-11(6-7-13)8-14-15/h2-5,8-9H,6-7,13H2,1H3. The number of nitrogens with two attached hydrogens (primary N) is 1. The number of aromatic nitrogens is 2. The Bertz CT molecular complexity index is 428. The molecule has 2 aromatic rings. The van der Waals surface area contributed by atoms with Crippen LogP contribution < -0.4 is 5.73 Å². The van der Waals surface area contributed by atoms with E-state index in [0.717, 1.165) is 12.1 Å². The minimum absolute atomic E-state index is 0.666. The number of hydrogen-bond donors (Lipinski definition) is 1. The third kappa shape index (κ3) is 2.25. The summed E-state index contributed by atoms with van der Waals surface area (Å²) in [6.45, 7) is 2.74. The van der Waals surface area contributed by atoms with Crippen LogP contribution in [-0.2, 0) is 6.42 Å². The van der Waals surface area contributed by atoms with Crippen LogP contribution in [0.3, 0.4) is 0 Å². The Morgan fingerprint density at radius 1 is 1.27 bits per heavy atom. The van der Waals surface area contributed by atoms with Crippen molar-refractivity contribution in [2.24, 2.45) is 5.73 Å². The van der Waals surface area contributed by atoms with Crippen molar-refractivity contribution < 1.29 is 0 Å². The maximum absolute atomic E-state index is 5.49. The second kappa shape index (κ2) is 4.28. The molecule has 0 aliphatic rings. The average Bonchev–Trinajstić information content (AvgIpc) is 2.68. The average molecular weight is 201 g/mol. The molecule has 2 N–H and O–H groups in total. The molecule has 1 aromatic heterocycles. The van der Waals surface area contributed by atoms with Crippen molar-refractivity contribution in [3.05, 3.63) is 47.8 Å². The van der Waals surface area contributed by atoms with Crippen LogP contribution in [0.2, 0.25) is 0 Å². The van der Waals surface area contributed by atoms with Crippen LogP contribution in [0.4, 0.5) is 0 Å². The van der Waals surface area contributed by atoms with Gasteiger partial charge in [-0.15, -0.1) is 0 Å². The second-order valence-corrected chi connectivity index (χ2v) is 3.67. The second-order valence-electron chi connectivity index (χ2n) is 3.67. The molecule has 0 aliphatic carbocycles. The Hall–Kier alpha value is -1.61. The lowest BCUT2D eigenvalue weighted by Crippen LogP contribution is -2.01. The summed E-state index contributed by atoms with van der Waals surface area (Å²) in [5.74, 6) is 0. The van der Waals surface area contributed by atoms with Gasteiger partial charge in [-0.05, 0) is 37.6 Å². The molecule has 0 radical (unpaired) electrons. The van der Waals surface area contributed by atoms with Crippen LogP contribution >= 0.6 is 0 Å². The SMILES string of the molecule is Cc1ccc(-n2cc(CCN)cn2)cc1. The molecular weight excluding hydrogens is 186 g/mol. The molecule has 2 rings (SSSR count). The van der Waals surface area contributed by atoms with E-state index in [1.165, 1.54) is 11.1 Å². The molecule has 1 heterocycles. The molecule has 0 saturated carbocycles. The van der Waals surface area contributed by atoms with Crippen LogP contribution in [0.15, 0.2) is 36.7 Å². The molecule has 3 nitrogen and oxygen atoms in total. The zero-order chi connectivity index (χ0) is 10.7. The Balaban J connectivity index is 2.25. The largest absolute Gasteiger partial charge is 0.330 e. The van der Waals surface area contributed by atoms with Crippen LogP contribution in [0.5, 0.6) is 0 Å². The van der Waals surface area contributed by atoms with Crippen LogP contribution in [-0.4, -0.2) is 16.3 Å². The van der Waals surface area contributed by atoms with Gasteiger partial charge in [0.05, 0.1) is 11.9 Å². The minimum Gasteiger partial charge on any atom is -0.330 e. The van der Waals surface area contributed by atoms with Gasteiger partial charge >= 0.3 is 0 Å². The van der Waals surface area contributed by atoms with E-state index < -0.39 is 0 Å². The fraction of sp³-hybridized carbons (Fsp3) is 0.250. The number of hydrogen-bond acceptors (Lipinski definition) is 2. The summed E-state index contributed by atoms with van der Waals surface area (Å²) >= 11 is 0. The Morgan fingerprint density at radius 3 is 2.67 bits per heavy atom. The first-order valence-electron chi connectivity index (χ1n) is 5.10. The van der Waals surface area contributed by atoms with E-state index in [9.17, 15) is 0 Å². The molecule has 3 heteroatoms. The molecule has 1 aromatic carbocycles. The maximum atomic E-state index is 5.49. The van der Waals surface area contributed by atoms with Crippen molar-refractivity contribution in [3.63, 3.8) is 0 Å². The van der Waals surface area contributed by atoms with Gasteiger partial charge in [0.1, 0.15) is 0 Å². The van der Waals surface area contributed by atoms with Gasteiger partial charge in [-0.25, -0.2) is 4.68 Å². The van der Waals surface area contributed by atoms with Crippen LogP contribution in [0.1, 0.15) is 11.1 Å². The first-order valence-corrected chi connectivity index (χ1v) is 5.10. The summed E-state index contributed by atoms with van der Waals surface area (Å²) in [5, 5.41) is 4.30. The quantitative estimate of drug-likeness (QED) is 0.821. The molecule has 0 amide bonds. The highest BCUT2D eigenvalue weighted by molar-refractivity contribution is 5.33. The highest BCUT2D eigenvalue weighted by Gasteiger charge is 1.99. The molecule has 0 unspecified atom stereocenters. The first-order chi connectivity index (χ1) is 7.29. The normalized spacial score (nSPS) is 10.5. The summed E-state index contributed by atoms with van der Waals surface area (Å²) in [5.41, 5.74) is 9.01. The summed E-state index contributed by atoms with van der Waals surface area (Å²) < 4.78 is 1.88. The lowest BCUT2D eigenvalue weighted by molar-refractivity contribution is 0.878. The third-order valence-corrected chi connectivity index (χ3v) is 2.37. The summed E-state index contributed by atoms with van der Waals surface area (Å²) in [6.07, 6.45) is 4.77. The van der Waals surface area contributed by atoms with Gasteiger partial charge < -0.3 is 5.73 Å². The van der Waals surface area contributed by atoms with Crippen LogP contribution in [0, 0.1) is 6.92 Å². The first kappa shape index (κ1) is 9.93. The molecule has 0 atom stereocenters. The Labute approximate surface area is 89.5 Å². The Kier molecular flexibility index (Phi) is 2.83. The van der Waals surface area contributed by atoms with Gasteiger partial charge in [0.15, 0.2) is 0 Å². The maximum Gasteiger partial charge on any atom is 0.0645 e. The van der Waals surface area contributed by atoms with Crippen molar-refractivity contribution in [1.29, 1.82) is 0 Å². The van der Waals surface area contributed by atoms with E-state index in [-0.39, 0.29) is 0 Å². The van der Waals surface area contributed by atoms with Crippen molar-refractivity contribution in [3.8, 4) is 5.69 Å². The summed E-state index contributed by atoms with van der Waals surface area (Å²) in [6, 6.07) is 8.29. The lowest BCUT2D eigenvalue weighted by Gasteiger charge is -2.00. The van der Waals surface area contributed by atoms with E-state index in [2.05, 4.69) is 36.3 Å². The van der Waals surface area contributed by atoms with E-state index in [1.807, 2.05) is 17.1 Å². The molecule has 0 saturated heterocycles. The van der Waals surface area contributed by atoms with Crippen LogP contribution in [0.25, 0.3) is 5.69 Å². The predicted molar refractivity (Wildman–Crippen MR) is 61.1 cm³/mol. The predicted octanol–water partition coefficient (Wildman–Crippen LogP) is 1.68. The number of nitrogens with zero attached hydrogens (tertiary/aromatic N) is 2. The fourth-order valence-electron chi connectivity index (χ4n) is 1.49. The molecule has 0 aliphatic heterocycles. The van der Waals surface area contributed by atoms with Gasteiger partial charge in [0.25, 0.3) is 0 Å². The smallest absolute Gasteiger partial charge is 0.0645 e. The zero-order valence-electron chi connectivity index (χ0n) is 8.85. The van der Waals surface area contributed by atoms with Gasteiger partial charge in [0, 0.05) is 6.20 Å². The minimum atomic E-state index is 0.666. The van der Waals surface area contributed by atoms with E-state index >= 15 is 0 Å². The number of benzene rings is 1. The van der Waals surface area contributed by atoms with Crippen molar-refractivity contribution in [2.75, 3.05) is 6.54 Å². The van der Waals surface area contributed by atoms with E-state index in [0.29, 0.717) is 6.54 Å². The zero-order valence-corrected chi connectivity index (χ0v) is 8.85. The lowest BCUT2D eigenvalue weighted by atomic mass is 10.2. The van der Waals surface area contributed by atoms with E-state index in [1.54, 1.807) is 0 Å². The Morgan fingerprint density at radius 2 is 2.00 bits per heavy atom. The highest BCUT2D eigenvalue weighted by atomic mass is 15.3. The molecule has 15 heavy (non-hydrogen) atoms. The van der Waals surface area contributed by atoms with Gasteiger partial charge in [0.2, 0.25) is 0 Å². The number of rotatable bonds is 3. The fourth-order valence-corrected chi connectivity index (χ4v) is 1.49. The summed E-state index contributed by atoms with van der Waals surface area (Å²) in [4.78, 5) is 0. The summed E-state index contributed by atoms with van der Waals surface area (Å²) in [7, 11) is 0. The monoisotopic (exact) mass is 201 g/mol. The highest BCUT2D eigenvalue weighted by Crippen LogP contribution is 2.09. The molecule has 78 valence electrons. The molecular formula is C12H15N3. The molecule has 0 fully saturated rings. The molecule has 0 spiro atoms. The van der Waals surface area contributed by atoms with Gasteiger partial charge in [-0.3, -0.25) is 0 Å².